The molecule has 0 saturated heterocycles. The van der Waals surface area contributed by atoms with E-state index in [4.69, 9.17) is 16.3 Å². The van der Waals surface area contributed by atoms with E-state index < -0.39 is 0 Å². The van der Waals surface area contributed by atoms with Crippen molar-refractivity contribution in [1.82, 2.24) is 5.32 Å². The first-order valence-electron chi connectivity index (χ1n) is 5.87. The van der Waals surface area contributed by atoms with Crippen LogP contribution in [0, 0.1) is 6.92 Å². The summed E-state index contributed by atoms with van der Waals surface area (Å²) in [7, 11) is 0. The Labute approximate surface area is 109 Å². The first kappa shape index (κ1) is 14.1. The van der Waals surface area contributed by atoms with Gasteiger partial charge in [-0.2, -0.15) is 0 Å². The fourth-order valence-corrected chi connectivity index (χ4v) is 1.60. The minimum absolute atomic E-state index is 0.535. The van der Waals surface area contributed by atoms with Gasteiger partial charge in [0.15, 0.2) is 0 Å². The van der Waals surface area contributed by atoms with Gasteiger partial charge in [0.1, 0.15) is 12.4 Å². The number of aryl methyl sites for hydroxylation is 1. The standard InChI is InChI=1S/C14H20ClNO/c1-4-16-9-13-7-5-6-12(3)14(13)17-10-11(2)8-15/h5-8,16H,4,9-10H2,1-3H3/b11-8+. The summed E-state index contributed by atoms with van der Waals surface area (Å²) in [4.78, 5) is 0. The van der Waals surface area contributed by atoms with Crippen molar-refractivity contribution in [3.63, 3.8) is 0 Å². The van der Waals surface area contributed by atoms with Crippen molar-refractivity contribution in [2.45, 2.75) is 27.3 Å². The van der Waals surface area contributed by atoms with E-state index in [2.05, 4.69) is 37.4 Å². The molecule has 0 bridgehead atoms. The predicted molar refractivity (Wildman–Crippen MR) is 73.7 cm³/mol. The Bertz CT molecular complexity index is 388. The zero-order chi connectivity index (χ0) is 12.7. The summed E-state index contributed by atoms with van der Waals surface area (Å²) >= 11 is 5.63. The molecule has 0 fully saturated rings. The fourth-order valence-electron chi connectivity index (χ4n) is 1.54. The van der Waals surface area contributed by atoms with E-state index in [0.29, 0.717) is 6.61 Å². The molecule has 0 unspecified atom stereocenters. The molecule has 1 N–H and O–H groups in total. The third-order valence-electron chi connectivity index (χ3n) is 2.49. The average molecular weight is 254 g/mol. The zero-order valence-electron chi connectivity index (χ0n) is 10.7. The van der Waals surface area contributed by atoms with Gasteiger partial charge in [-0.3, -0.25) is 0 Å². The average Bonchev–Trinajstić information content (AvgIpc) is 2.34. The van der Waals surface area contributed by atoms with Gasteiger partial charge in [-0.25, -0.2) is 0 Å². The van der Waals surface area contributed by atoms with Gasteiger partial charge in [-0.1, -0.05) is 36.7 Å². The molecule has 1 rings (SSSR count). The Morgan fingerprint density at radius 3 is 2.88 bits per heavy atom. The molecule has 2 nitrogen and oxygen atoms in total. The summed E-state index contributed by atoms with van der Waals surface area (Å²) in [6, 6.07) is 6.20. The molecule has 0 atom stereocenters. The Morgan fingerprint density at radius 1 is 1.47 bits per heavy atom. The first-order chi connectivity index (χ1) is 8.19. The Kier molecular flexibility index (Phi) is 6.09. The molecule has 0 saturated carbocycles. The molecule has 0 aliphatic heterocycles. The molecule has 1 aromatic carbocycles. The molecule has 3 heteroatoms. The van der Waals surface area contributed by atoms with Crippen molar-refractivity contribution >= 4 is 11.6 Å². The molecule has 0 amide bonds. The zero-order valence-corrected chi connectivity index (χ0v) is 11.5. The summed E-state index contributed by atoms with van der Waals surface area (Å²) < 4.78 is 5.82. The van der Waals surface area contributed by atoms with Crippen LogP contribution in [0.5, 0.6) is 5.75 Å². The van der Waals surface area contributed by atoms with Crippen LogP contribution in [0.4, 0.5) is 0 Å². The van der Waals surface area contributed by atoms with Crippen molar-refractivity contribution in [1.29, 1.82) is 0 Å². The summed E-state index contributed by atoms with van der Waals surface area (Å²) in [5, 5.41) is 3.31. The third kappa shape index (κ3) is 4.41. The largest absolute Gasteiger partial charge is 0.489 e. The van der Waals surface area contributed by atoms with E-state index in [-0.39, 0.29) is 0 Å². The predicted octanol–water partition coefficient (Wildman–Crippen LogP) is 3.63. The number of hydrogen-bond acceptors (Lipinski definition) is 2. The van der Waals surface area contributed by atoms with Crippen LogP contribution in [0.1, 0.15) is 25.0 Å². The fraction of sp³-hybridized carbons (Fsp3) is 0.429. The maximum absolute atomic E-state index is 5.82. The molecular weight excluding hydrogens is 234 g/mol. The molecule has 0 aliphatic rings. The van der Waals surface area contributed by atoms with Crippen LogP contribution in [-0.4, -0.2) is 13.2 Å². The van der Waals surface area contributed by atoms with Crippen molar-refractivity contribution in [2.75, 3.05) is 13.2 Å². The molecule has 1 aromatic rings. The minimum Gasteiger partial charge on any atom is -0.489 e. The maximum atomic E-state index is 5.82. The highest BCUT2D eigenvalue weighted by Gasteiger charge is 2.06. The lowest BCUT2D eigenvalue weighted by Gasteiger charge is -2.14. The lowest BCUT2D eigenvalue weighted by atomic mass is 10.1. The van der Waals surface area contributed by atoms with Gasteiger partial charge in [-0.15, -0.1) is 0 Å². The summed E-state index contributed by atoms with van der Waals surface area (Å²) in [5.41, 5.74) is 4.92. The van der Waals surface area contributed by atoms with Crippen LogP contribution in [0.2, 0.25) is 0 Å². The van der Waals surface area contributed by atoms with E-state index >= 15 is 0 Å². The highest BCUT2D eigenvalue weighted by atomic mass is 35.5. The van der Waals surface area contributed by atoms with Crippen LogP contribution >= 0.6 is 11.6 Å². The normalized spacial score (nSPS) is 11.6. The maximum Gasteiger partial charge on any atom is 0.127 e. The Balaban J connectivity index is 2.80. The lowest BCUT2D eigenvalue weighted by molar-refractivity contribution is 0.345. The molecule has 0 aromatic heterocycles. The SMILES string of the molecule is CCNCc1cccc(C)c1OC/C(C)=C/Cl. The van der Waals surface area contributed by atoms with Gasteiger partial charge < -0.3 is 10.1 Å². The summed E-state index contributed by atoms with van der Waals surface area (Å²) in [6.07, 6.45) is 0. The molecule has 0 spiro atoms. The number of para-hydroxylation sites is 1. The van der Waals surface area contributed by atoms with Crippen LogP contribution in [-0.2, 0) is 6.54 Å². The van der Waals surface area contributed by atoms with Gasteiger partial charge in [-0.05, 0) is 31.5 Å². The number of halogens is 1. The Morgan fingerprint density at radius 2 is 2.24 bits per heavy atom. The lowest BCUT2D eigenvalue weighted by Crippen LogP contribution is -2.13. The molecule has 0 radical (unpaired) electrons. The van der Waals surface area contributed by atoms with Crippen molar-refractivity contribution in [3.8, 4) is 5.75 Å². The van der Waals surface area contributed by atoms with Crippen molar-refractivity contribution in [2.24, 2.45) is 0 Å². The number of hydrogen-bond donors (Lipinski definition) is 1. The van der Waals surface area contributed by atoms with Gasteiger partial charge >= 0.3 is 0 Å². The van der Waals surface area contributed by atoms with E-state index in [9.17, 15) is 0 Å². The number of benzene rings is 1. The molecule has 94 valence electrons. The molecule has 17 heavy (non-hydrogen) atoms. The number of ether oxygens (including phenoxy) is 1. The first-order valence-corrected chi connectivity index (χ1v) is 6.30. The highest BCUT2D eigenvalue weighted by molar-refractivity contribution is 6.25. The summed E-state index contributed by atoms with van der Waals surface area (Å²) in [5.74, 6) is 0.964. The van der Waals surface area contributed by atoms with E-state index in [0.717, 1.165) is 30.0 Å². The van der Waals surface area contributed by atoms with Crippen LogP contribution in [0.25, 0.3) is 0 Å². The molecule has 0 heterocycles. The van der Waals surface area contributed by atoms with Crippen LogP contribution in [0.3, 0.4) is 0 Å². The van der Waals surface area contributed by atoms with Gasteiger partial charge in [0, 0.05) is 17.6 Å². The second-order valence-corrected chi connectivity index (χ2v) is 4.31. The van der Waals surface area contributed by atoms with Crippen molar-refractivity contribution < 1.29 is 4.74 Å². The number of rotatable bonds is 6. The quantitative estimate of drug-likeness (QED) is 0.836. The smallest absolute Gasteiger partial charge is 0.127 e. The molecule has 0 aliphatic carbocycles. The van der Waals surface area contributed by atoms with Gasteiger partial charge in [0.25, 0.3) is 0 Å². The molecular formula is C14H20ClNO. The van der Waals surface area contributed by atoms with Crippen molar-refractivity contribution in [3.05, 3.63) is 40.4 Å². The van der Waals surface area contributed by atoms with Gasteiger partial charge in [0.2, 0.25) is 0 Å². The van der Waals surface area contributed by atoms with Crippen LogP contribution < -0.4 is 10.1 Å². The second kappa shape index (κ2) is 7.36. The summed E-state index contributed by atoms with van der Waals surface area (Å²) in [6.45, 7) is 8.43. The monoisotopic (exact) mass is 253 g/mol. The van der Waals surface area contributed by atoms with Crippen LogP contribution in [0.15, 0.2) is 29.3 Å². The Hall–Kier alpha value is -0.990. The highest BCUT2D eigenvalue weighted by Crippen LogP contribution is 2.23. The minimum atomic E-state index is 0.535. The van der Waals surface area contributed by atoms with Gasteiger partial charge in [0.05, 0.1) is 0 Å². The van der Waals surface area contributed by atoms with E-state index in [1.165, 1.54) is 5.56 Å². The second-order valence-electron chi connectivity index (χ2n) is 4.09. The van der Waals surface area contributed by atoms with E-state index in [1.54, 1.807) is 5.54 Å². The number of nitrogens with one attached hydrogen (secondary N) is 1. The third-order valence-corrected chi connectivity index (χ3v) is 2.86. The van der Waals surface area contributed by atoms with E-state index in [1.807, 2.05) is 6.92 Å². The topological polar surface area (TPSA) is 21.3 Å².